The summed E-state index contributed by atoms with van der Waals surface area (Å²) >= 11 is 0. The second kappa shape index (κ2) is 4.72. The van der Waals surface area contributed by atoms with Gasteiger partial charge in [-0.2, -0.15) is 0 Å². The van der Waals surface area contributed by atoms with Gasteiger partial charge in [-0.05, 0) is 38.3 Å². The zero-order valence-corrected chi connectivity index (χ0v) is 12.5. The Kier molecular flexibility index (Phi) is 3.67. The van der Waals surface area contributed by atoms with Gasteiger partial charge in [-0.1, -0.05) is 19.9 Å². The van der Waals surface area contributed by atoms with Crippen molar-refractivity contribution in [1.29, 1.82) is 0 Å². The normalized spacial score (nSPS) is 41.3. The molecule has 3 unspecified atom stereocenters. The zero-order chi connectivity index (χ0) is 14.3. The first kappa shape index (κ1) is 14.8. The molecular weight excluding hydrogens is 240 g/mol. The Morgan fingerprint density at radius 3 is 2.68 bits per heavy atom. The molecule has 3 atom stereocenters. The van der Waals surface area contributed by atoms with E-state index < -0.39 is 11.4 Å². The summed E-state index contributed by atoms with van der Waals surface area (Å²) in [6.45, 7) is 12.5. The summed E-state index contributed by atoms with van der Waals surface area (Å²) < 4.78 is 11.8. The van der Waals surface area contributed by atoms with Crippen molar-refractivity contribution in [3.05, 3.63) is 24.3 Å². The second-order valence-electron chi connectivity index (χ2n) is 6.63. The van der Waals surface area contributed by atoms with Crippen molar-refractivity contribution in [2.45, 2.75) is 64.4 Å². The number of ether oxygens (including phenoxy) is 2. The lowest BCUT2D eigenvalue weighted by atomic mass is 9.62. The van der Waals surface area contributed by atoms with Crippen LogP contribution in [0.1, 0.15) is 47.0 Å². The van der Waals surface area contributed by atoms with Gasteiger partial charge in [0.1, 0.15) is 0 Å². The molecule has 19 heavy (non-hydrogen) atoms. The average Bonchev–Trinajstić information content (AvgIpc) is 2.64. The maximum atomic E-state index is 11.1. The highest BCUT2D eigenvalue weighted by Crippen LogP contribution is 2.52. The average molecular weight is 266 g/mol. The van der Waals surface area contributed by atoms with Crippen molar-refractivity contribution in [3.8, 4) is 0 Å². The van der Waals surface area contributed by atoms with Gasteiger partial charge in [-0.25, -0.2) is 0 Å². The van der Waals surface area contributed by atoms with Gasteiger partial charge in [-0.3, -0.25) is 0 Å². The first-order valence-electron chi connectivity index (χ1n) is 7.10. The molecule has 3 nitrogen and oxygen atoms in total. The van der Waals surface area contributed by atoms with Crippen molar-refractivity contribution >= 4 is 0 Å². The summed E-state index contributed by atoms with van der Waals surface area (Å²) in [6.07, 6.45) is 6.11. The third-order valence-electron chi connectivity index (χ3n) is 4.57. The number of hydrogen-bond acceptors (Lipinski definition) is 3. The van der Waals surface area contributed by atoms with Crippen molar-refractivity contribution in [2.75, 3.05) is 6.61 Å². The Morgan fingerprint density at radius 1 is 1.53 bits per heavy atom. The van der Waals surface area contributed by atoms with Crippen LogP contribution in [0.5, 0.6) is 0 Å². The van der Waals surface area contributed by atoms with Crippen molar-refractivity contribution < 1.29 is 14.6 Å². The molecular formula is C16H26O3. The third-order valence-corrected chi connectivity index (χ3v) is 4.57. The third kappa shape index (κ3) is 2.39. The molecule has 0 bridgehead atoms. The van der Waals surface area contributed by atoms with Crippen LogP contribution in [0.4, 0.5) is 0 Å². The van der Waals surface area contributed by atoms with E-state index in [1.807, 2.05) is 26.0 Å². The largest absolute Gasteiger partial charge is 0.385 e. The van der Waals surface area contributed by atoms with Gasteiger partial charge >= 0.3 is 0 Å². The Morgan fingerprint density at radius 2 is 2.21 bits per heavy atom. The summed E-state index contributed by atoms with van der Waals surface area (Å²) in [5.41, 5.74) is -0.163. The predicted molar refractivity (Wildman–Crippen MR) is 75.8 cm³/mol. The van der Waals surface area contributed by atoms with Crippen molar-refractivity contribution in [2.24, 2.45) is 5.41 Å². The van der Waals surface area contributed by atoms with Crippen LogP contribution in [0.25, 0.3) is 0 Å². The summed E-state index contributed by atoms with van der Waals surface area (Å²) in [5, 5.41) is 11.1. The zero-order valence-electron chi connectivity index (χ0n) is 12.5. The fourth-order valence-corrected chi connectivity index (χ4v) is 3.48. The molecule has 2 aliphatic rings. The van der Waals surface area contributed by atoms with E-state index in [0.29, 0.717) is 19.4 Å². The summed E-state index contributed by atoms with van der Waals surface area (Å²) in [7, 11) is 0. The first-order chi connectivity index (χ1) is 8.75. The summed E-state index contributed by atoms with van der Waals surface area (Å²) in [6, 6.07) is 0. The van der Waals surface area contributed by atoms with E-state index in [2.05, 4.69) is 20.4 Å². The van der Waals surface area contributed by atoms with E-state index in [9.17, 15) is 5.11 Å². The maximum Gasteiger partial charge on any atom is 0.189 e. The maximum absolute atomic E-state index is 11.1. The van der Waals surface area contributed by atoms with E-state index in [-0.39, 0.29) is 11.5 Å². The van der Waals surface area contributed by atoms with Crippen LogP contribution in [0, 0.1) is 5.41 Å². The van der Waals surface area contributed by atoms with Crippen LogP contribution in [-0.2, 0) is 9.47 Å². The van der Waals surface area contributed by atoms with Gasteiger partial charge < -0.3 is 14.6 Å². The lowest BCUT2D eigenvalue weighted by Crippen LogP contribution is -2.54. The van der Waals surface area contributed by atoms with Crippen LogP contribution in [-0.4, -0.2) is 29.2 Å². The quantitative estimate of drug-likeness (QED) is 0.797. The fourth-order valence-electron chi connectivity index (χ4n) is 3.48. The summed E-state index contributed by atoms with van der Waals surface area (Å²) in [4.78, 5) is 0. The Labute approximate surface area is 116 Å². The predicted octanol–water partition coefficient (Wildman–Crippen LogP) is 3.19. The molecule has 1 fully saturated rings. The molecule has 0 saturated carbocycles. The smallest absolute Gasteiger partial charge is 0.189 e. The monoisotopic (exact) mass is 266 g/mol. The molecule has 1 saturated heterocycles. The van der Waals surface area contributed by atoms with Crippen molar-refractivity contribution in [3.63, 3.8) is 0 Å². The molecule has 0 amide bonds. The topological polar surface area (TPSA) is 38.7 Å². The molecule has 1 spiro atoms. The highest BCUT2D eigenvalue weighted by molar-refractivity contribution is 5.28. The first-order valence-corrected chi connectivity index (χ1v) is 7.10. The van der Waals surface area contributed by atoms with E-state index in [4.69, 9.17) is 9.47 Å². The SMILES string of the molecule is C=CCCC1(O)C(C)=CC2(CC1(C)C)OCC(C)O2. The van der Waals surface area contributed by atoms with Gasteiger partial charge in [0.05, 0.1) is 18.3 Å². The molecule has 1 heterocycles. The minimum absolute atomic E-state index is 0.110. The van der Waals surface area contributed by atoms with Crippen LogP contribution in [0.15, 0.2) is 24.3 Å². The Balaban J connectivity index is 2.34. The van der Waals surface area contributed by atoms with Crippen LogP contribution in [0.3, 0.4) is 0 Å². The van der Waals surface area contributed by atoms with Crippen LogP contribution < -0.4 is 0 Å². The molecule has 108 valence electrons. The minimum atomic E-state index is -0.814. The molecule has 0 aromatic carbocycles. The highest BCUT2D eigenvalue weighted by atomic mass is 16.7. The summed E-state index contributed by atoms with van der Waals surface area (Å²) in [5.74, 6) is -0.645. The van der Waals surface area contributed by atoms with Gasteiger partial charge in [0.2, 0.25) is 0 Å². The molecule has 0 aromatic rings. The molecule has 2 rings (SSSR count). The van der Waals surface area contributed by atoms with E-state index in [1.165, 1.54) is 0 Å². The molecule has 1 N–H and O–H groups in total. The number of hydrogen-bond donors (Lipinski definition) is 1. The van der Waals surface area contributed by atoms with Crippen LogP contribution in [0.2, 0.25) is 0 Å². The van der Waals surface area contributed by atoms with E-state index in [1.54, 1.807) is 0 Å². The lowest BCUT2D eigenvalue weighted by molar-refractivity contribution is -0.187. The van der Waals surface area contributed by atoms with Crippen LogP contribution >= 0.6 is 0 Å². The van der Waals surface area contributed by atoms with E-state index in [0.717, 1.165) is 12.0 Å². The van der Waals surface area contributed by atoms with Gasteiger partial charge in [0, 0.05) is 11.8 Å². The Hall–Kier alpha value is -0.640. The molecule has 0 radical (unpaired) electrons. The van der Waals surface area contributed by atoms with Crippen molar-refractivity contribution in [1.82, 2.24) is 0 Å². The lowest BCUT2D eigenvalue weighted by Gasteiger charge is -2.51. The van der Waals surface area contributed by atoms with Gasteiger partial charge in [-0.15, -0.1) is 6.58 Å². The Bertz CT molecular complexity index is 399. The highest BCUT2D eigenvalue weighted by Gasteiger charge is 2.55. The number of allylic oxidation sites excluding steroid dienone is 1. The standard InChI is InChI=1S/C16H26O3/c1-6-7-8-16(17)12(2)9-15(11-14(16,4)5)18-10-13(3)19-15/h6,9,13,17H,1,7-8,10-11H2,2-5H3. The van der Waals surface area contributed by atoms with Gasteiger partial charge in [0.25, 0.3) is 0 Å². The number of rotatable bonds is 3. The number of aliphatic hydroxyl groups is 1. The minimum Gasteiger partial charge on any atom is -0.385 e. The van der Waals surface area contributed by atoms with Gasteiger partial charge in [0.15, 0.2) is 5.79 Å². The molecule has 1 aliphatic heterocycles. The fraction of sp³-hybridized carbons (Fsp3) is 0.750. The van der Waals surface area contributed by atoms with E-state index >= 15 is 0 Å². The molecule has 0 aromatic heterocycles. The second-order valence-corrected chi connectivity index (χ2v) is 6.63. The molecule has 3 heteroatoms. The molecule has 1 aliphatic carbocycles.